The average molecular weight is 369 g/mol. The lowest BCUT2D eigenvalue weighted by Crippen LogP contribution is -2.34. The van der Waals surface area contributed by atoms with Crippen molar-refractivity contribution in [2.75, 3.05) is 20.8 Å². The van der Waals surface area contributed by atoms with Gasteiger partial charge in [0.2, 0.25) is 10.0 Å². The molecule has 0 unspecified atom stereocenters. The van der Waals surface area contributed by atoms with Gasteiger partial charge in [-0.2, -0.15) is 0 Å². The molecule has 10 heteroatoms. The number of ether oxygens (including phenoxy) is 2. The summed E-state index contributed by atoms with van der Waals surface area (Å²) < 4.78 is 36.5. The third kappa shape index (κ3) is 4.21. The molecule has 0 atom stereocenters. The van der Waals surface area contributed by atoms with Gasteiger partial charge in [-0.15, -0.1) is 0 Å². The summed E-state index contributed by atoms with van der Waals surface area (Å²) in [5.41, 5.74) is -0.507. The Balaban J connectivity index is 3.09. The molecule has 20 heavy (non-hydrogen) atoms. The Hall–Kier alpha value is -1.07. The number of benzene rings is 1. The van der Waals surface area contributed by atoms with E-state index >= 15 is 0 Å². The zero-order valence-corrected chi connectivity index (χ0v) is 13.1. The predicted molar refractivity (Wildman–Crippen MR) is 73.8 cm³/mol. The number of rotatable bonds is 7. The molecular formula is C10H13BrN2O6S. The molecule has 112 valence electrons. The summed E-state index contributed by atoms with van der Waals surface area (Å²) in [5.74, 6) is 0. The minimum atomic E-state index is -4.06. The number of hydrogen-bond donors (Lipinski definition) is 1. The maximum atomic E-state index is 12.1. The smallest absolute Gasteiger partial charge is 0.289 e. The Bertz CT molecular complexity index is 587. The van der Waals surface area contributed by atoms with Crippen LogP contribution in [0.2, 0.25) is 0 Å². The van der Waals surface area contributed by atoms with Crippen LogP contribution in [0.15, 0.2) is 27.6 Å². The van der Waals surface area contributed by atoms with Crippen LogP contribution in [0, 0.1) is 10.1 Å². The van der Waals surface area contributed by atoms with Crippen LogP contribution >= 0.6 is 15.9 Å². The standard InChI is InChI=1S/C10H13BrN2O6S/c1-18-10(19-2)6-12-20(16,17)9-5-7(11)3-4-8(9)13(14)15/h3-5,10,12H,6H2,1-2H3. The average Bonchev–Trinajstić information content (AvgIpc) is 2.39. The van der Waals surface area contributed by atoms with Crippen LogP contribution < -0.4 is 4.72 Å². The van der Waals surface area contributed by atoms with Gasteiger partial charge in [0.1, 0.15) is 0 Å². The summed E-state index contributed by atoms with van der Waals surface area (Å²) >= 11 is 3.08. The van der Waals surface area contributed by atoms with Crippen molar-refractivity contribution >= 4 is 31.6 Å². The van der Waals surface area contributed by atoms with Gasteiger partial charge < -0.3 is 9.47 Å². The number of nitrogens with zero attached hydrogens (tertiary/aromatic N) is 1. The van der Waals surface area contributed by atoms with Crippen molar-refractivity contribution in [3.63, 3.8) is 0 Å². The fourth-order valence-electron chi connectivity index (χ4n) is 1.37. The largest absolute Gasteiger partial charge is 0.355 e. The first-order chi connectivity index (χ1) is 9.31. The second-order valence-electron chi connectivity index (χ2n) is 3.62. The molecule has 0 saturated heterocycles. The zero-order chi connectivity index (χ0) is 15.3. The van der Waals surface area contributed by atoms with Gasteiger partial charge in [0.25, 0.3) is 5.69 Å². The van der Waals surface area contributed by atoms with Crippen LogP contribution in [0.4, 0.5) is 5.69 Å². The van der Waals surface area contributed by atoms with Crippen LogP contribution in [0.5, 0.6) is 0 Å². The summed E-state index contributed by atoms with van der Waals surface area (Å²) in [4.78, 5) is 9.69. The van der Waals surface area contributed by atoms with Gasteiger partial charge in [-0.1, -0.05) is 15.9 Å². The first-order valence-corrected chi connectivity index (χ1v) is 7.58. The van der Waals surface area contributed by atoms with E-state index in [0.29, 0.717) is 4.47 Å². The van der Waals surface area contributed by atoms with E-state index in [9.17, 15) is 18.5 Å². The molecule has 0 saturated carbocycles. The summed E-state index contributed by atoms with van der Waals surface area (Å²) in [6, 6.07) is 3.67. The van der Waals surface area contributed by atoms with E-state index < -0.39 is 31.8 Å². The highest BCUT2D eigenvalue weighted by atomic mass is 79.9. The number of nitro groups is 1. The van der Waals surface area contributed by atoms with Crippen LogP contribution in [-0.4, -0.2) is 40.4 Å². The number of sulfonamides is 1. The fourth-order valence-corrected chi connectivity index (χ4v) is 3.10. The molecule has 1 aromatic carbocycles. The number of methoxy groups -OCH3 is 2. The first kappa shape index (κ1) is 17.0. The van der Waals surface area contributed by atoms with Gasteiger partial charge in [-0.05, 0) is 12.1 Å². The van der Waals surface area contributed by atoms with Gasteiger partial charge in [0.05, 0.1) is 11.5 Å². The van der Waals surface area contributed by atoms with Crippen molar-refractivity contribution in [2.24, 2.45) is 0 Å². The van der Waals surface area contributed by atoms with Crippen LogP contribution in [-0.2, 0) is 19.5 Å². The Morgan fingerprint density at radius 3 is 2.50 bits per heavy atom. The molecule has 1 N–H and O–H groups in total. The second-order valence-corrected chi connectivity index (χ2v) is 6.27. The van der Waals surface area contributed by atoms with Crippen LogP contribution in [0.25, 0.3) is 0 Å². The highest BCUT2D eigenvalue weighted by Crippen LogP contribution is 2.27. The van der Waals surface area contributed by atoms with Gasteiger partial charge >= 0.3 is 0 Å². The van der Waals surface area contributed by atoms with Crippen LogP contribution in [0.3, 0.4) is 0 Å². The molecule has 0 aromatic heterocycles. The quantitative estimate of drug-likeness (QED) is 0.440. The summed E-state index contributed by atoms with van der Waals surface area (Å²) in [6.07, 6.45) is -0.781. The lowest BCUT2D eigenvalue weighted by Gasteiger charge is -2.14. The molecule has 0 radical (unpaired) electrons. The van der Waals surface area contributed by atoms with E-state index in [-0.39, 0.29) is 6.54 Å². The van der Waals surface area contributed by atoms with Crippen molar-refractivity contribution in [3.8, 4) is 0 Å². The summed E-state index contributed by atoms with van der Waals surface area (Å²) in [7, 11) is -1.35. The molecule has 0 aliphatic rings. The summed E-state index contributed by atoms with van der Waals surface area (Å²) in [5, 5.41) is 10.9. The molecule has 0 bridgehead atoms. The molecular weight excluding hydrogens is 356 g/mol. The molecule has 0 fully saturated rings. The molecule has 1 rings (SSSR count). The van der Waals surface area contributed by atoms with E-state index in [2.05, 4.69) is 20.7 Å². The van der Waals surface area contributed by atoms with Crippen molar-refractivity contribution < 1.29 is 22.8 Å². The Morgan fingerprint density at radius 1 is 1.40 bits per heavy atom. The van der Waals surface area contributed by atoms with E-state index in [1.165, 1.54) is 20.3 Å². The molecule has 0 amide bonds. The predicted octanol–water partition coefficient (Wildman–Crippen LogP) is 1.25. The Labute approximate surface area is 124 Å². The van der Waals surface area contributed by atoms with E-state index in [1.54, 1.807) is 0 Å². The highest BCUT2D eigenvalue weighted by Gasteiger charge is 2.26. The number of nitrogens with one attached hydrogen (secondary N) is 1. The number of halogens is 1. The van der Waals surface area contributed by atoms with Gasteiger partial charge in [0, 0.05) is 24.8 Å². The van der Waals surface area contributed by atoms with Gasteiger partial charge in [-0.3, -0.25) is 10.1 Å². The molecule has 0 heterocycles. The third-order valence-electron chi connectivity index (χ3n) is 2.37. The van der Waals surface area contributed by atoms with Gasteiger partial charge in [-0.25, -0.2) is 13.1 Å². The van der Waals surface area contributed by atoms with Crippen LogP contribution in [0.1, 0.15) is 0 Å². The molecule has 0 spiro atoms. The zero-order valence-electron chi connectivity index (χ0n) is 10.7. The summed E-state index contributed by atoms with van der Waals surface area (Å²) in [6.45, 7) is -0.168. The highest BCUT2D eigenvalue weighted by molar-refractivity contribution is 9.10. The maximum Gasteiger partial charge on any atom is 0.289 e. The first-order valence-electron chi connectivity index (χ1n) is 5.31. The normalized spacial score (nSPS) is 11.8. The van der Waals surface area contributed by atoms with E-state index in [1.807, 2.05) is 0 Å². The molecule has 8 nitrogen and oxygen atoms in total. The molecule has 0 aliphatic carbocycles. The Morgan fingerprint density at radius 2 is 2.00 bits per heavy atom. The fraction of sp³-hybridized carbons (Fsp3) is 0.400. The molecule has 1 aromatic rings. The minimum absolute atomic E-state index is 0.168. The van der Waals surface area contributed by atoms with E-state index in [0.717, 1.165) is 12.1 Å². The SMILES string of the molecule is COC(CNS(=O)(=O)c1cc(Br)ccc1[N+](=O)[O-])OC. The van der Waals surface area contributed by atoms with Crippen molar-refractivity contribution in [2.45, 2.75) is 11.2 Å². The third-order valence-corrected chi connectivity index (χ3v) is 4.32. The second kappa shape index (κ2) is 7.09. The number of nitro benzene ring substituents is 1. The molecule has 0 aliphatic heterocycles. The topological polar surface area (TPSA) is 108 Å². The van der Waals surface area contributed by atoms with Crippen molar-refractivity contribution in [1.82, 2.24) is 4.72 Å². The maximum absolute atomic E-state index is 12.1. The lowest BCUT2D eigenvalue weighted by molar-refractivity contribution is -0.387. The van der Waals surface area contributed by atoms with Gasteiger partial charge in [0.15, 0.2) is 11.2 Å². The van der Waals surface area contributed by atoms with E-state index in [4.69, 9.17) is 9.47 Å². The van der Waals surface area contributed by atoms with Crippen molar-refractivity contribution in [3.05, 3.63) is 32.8 Å². The van der Waals surface area contributed by atoms with Crippen molar-refractivity contribution in [1.29, 1.82) is 0 Å². The Kier molecular flexibility index (Phi) is 6.02. The number of hydrogen-bond acceptors (Lipinski definition) is 6. The monoisotopic (exact) mass is 368 g/mol. The minimum Gasteiger partial charge on any atom is -0.355 e. The lowest BCUT2D eigenvalue weighted by atomic mass is 10.3.